The summed E-state index contributed by atoms with van der Waals surface area (Å²) in [5.74, 6) is 0.0634. The predicted molar refractivity (Wildman–Crippen MR) is 86.5 cm³/mol. The number of hydrogen-bond donors (Lipinski definition) is 2. The second kappa shape index (κ2) is 7.42. The van der Waals surface area contributed by atoms with Crippen LogP contribution in [0.4, 0.5) is 0 Å². The van der Waals surface area contributed by atoms with E-state index in [0.717, 1.165) is 11.4 Å². The summed E-state index contributed by atoms with van der Waals surface area (Å²) >= 11 is 6.17. The quantitative estimate of drug-likeness (QED) is 0.859. The molecule has 22 heavy (non-hydrogen) atoms. The highest BCUT2D eigenvalue weighted by molar-refractivity contribution is 6.32. The van der Waals surface area contributed by atoms with Crippen LogP contribution < -0.4 is 5.32 Å². The van der Waals surface area contributed by atoms with E-state index >= 15 is 0 Å². The van der Waals surface area contributed by atoms with Gasteiger partial charge in [-0.1, -0.05) is 30.7 Å². The zero-order valence-electron chi connectivity index (χ0n) is 12.7. The molecule has 0 aliphatic carbocycles. The van der Waals surface area contributed by atoms with Gasteiger partial charge in [0.25, 0.3) is 5.91 Å². The Hall–Kier alpha value is -1.85. The van der Waals surface area contributed by atoms with E-state index in [1.54, 1.807) is 16.9 Å². The highest BCUT2D eigenvalue weighted by Crippen LogP contribution is 2.21. The molecule has 0 radical (unpaired) electrons. The zero-order valence-corrected chi connectivity index (χ0v) is 13.5. The first kappa shape index (κ1) is 16.5. The minimum atomic E-state index is -0.166. The lowest BCUT2D eigenvalue weighted by atomic mass is 10.1. The molecule has 6 heteroatoms. The minimum absolute atomic E-state index is 0.125. The Morgan fingerprint density at radius 2 is 2.18 bits per heavy atom. The molecule has 1 amide bonds. The van der Waals surface area contributed by atoms with Crippen molar-refractivity contribution < 1.29 is 9.90 Å². The SMILES string of the molecule is Cc1c(C(=O)NCC(C)CCO)cnn1-c1ccccc1Cl. The van der Waals surface area contributed by atoms with Crippen molar-refractivity contribution in [1.29, 1.82) is 0 Å². The maximum atomic E-state index is 12.2. The number of rotatable bonds is 6. The van der Waals surface area contributed by atoms with Crippen LogP contribution in [0.3, 0.4) is 0 Å². The topological polar surface area (TPSA) is 67.2 Å². The van der Waals surface area contributed by atoms with Crippen molar-refractivity contribution in [2.75, 3.05) is 13.2 Å². The monoisotopic (exact) mass is 321 g/mol. The van der Waals surface area contributed by atoms with Crippen molar-refractivity contribution in [2.24, 2.45) is 5.92 Å². The molecule has 1 atom stereocenters. The largest absolute Gasteiger partial charge is 0.396 e. The number of aromatic nitrogens is 2. The van der Waals surface area contributed by atoms with Gasteiger partial charge in [0.1, 0.15) is 0 Å². The Bertz CT molecular complexity index is 655. The molecule has 1 heterocycles. The van der Waals surface area contributed by atoms with E-state index in [-0.39, 0.29) is 18.4 Å². The fourth-order valence-corrected chi connectivity index (χ4v) is 2.40. The first-order chi connectivity index (χ1) is 10.5. The number of aliphatic hydroxyl groups excluding tert-OH is 1. The fourth-order valence-electron chi connectivity index (χ4n) is 2.18. The van der Waals surface area contributed by atoms with Gasteiger partial charge in [0.05, 0.1) is 28.2 Å². The van der Waals surface area contributed by atoms with E-state index < -0.39 is 0 Å². The maximum absolute atomic E-state index is 12.2. The second-order valence-corrected chi connectivity index (χ2v) is 5.74. The van der Waals surface area contributed by atoms with Gasteiger partial charge in [0, 0.05) is 13.2 Å². The van der Waals surface area contributed by atoms with Crippen molar-refractivity contribution in [3.05, 3.63) is 46.7 Å². The first-order valence-electron chi connectivity index (χ1n) is 7.23. The molecule has 2 N–H and O–H groups in total. The van der Waals surface area contributed by atoms with Gasteiger partial charge in [0.15, 0.2) is 0 Å². The van der Waals surface area contributed by atoms with Crippen molar-refractivity contribution in [3.8, 4) is 5.69 Å². The van der Waals surface area contributed by atoms with Crippen LogP contribution in [0, 0.1) is 12.8 Å². The number of nitrogens with zero attached hydrogens (tertiary/aromatic N) is 2. The van der Waals surface area contributed by atoms with E-state index in [0.29, 0.717) is 23.6 Å². The standard InChI is InChI=1S/C16H20ClN3O2/c1-11(7-8-21)9-18-16(22)13-10-19-20(12(13)2)15-6-4-3-5-14(15)17/h3-6,10-11,21H,7-9H2,1-2H3,(H,18,22). The van der Waals surface area contributed by atoms with Crippen molar-refractivity contribution in [1.82, 2.24) is 15.1 Å². The van der Waals surface area contributed by atoms with E-state index in [4.69, 9.17) is 16.7 Å². The molecule has 0 spiro atoms. The van der Waals surface area contributed by atoms with Gasteiger partial charge < -0.3 is 10.4 Å². The van der Waals surface area contributed by atoms with Crippen LogP contribution in [-0.2, 0) is 0 Å². The molecule has 0 saturated heterocycles. The number of nitrogens with one attached hydrogen (secondary N) is 1. The molecular formula is C16H20ClN3O2. The highest BCUT2D eigenvalue weighted by atomic mass is 35.5. The number of para-hydroxylation sites is 1. The summed E-state index contributed by atoms with van der Waals surface area (Å²) in [5, 5.41) is 16.6. The average Bonchev–Trinajstić information content (AvgIpc) is 2.87. The highest BCUT2D eigenvalue weighted by Gasteiger charge is 2.16. The summed E-state index contributed by atoms with van der Waals surface area (Å²) in [5.41, 5.74) is 2.01. The van der Waals surface area contributed by atoms with Crippen molar-refractivity contribution >= 4 is 17.5 Å². The summed E-state index contributed by atoms with van der Waals surface area (Å²) < 4.78 is 1.66. The summed E-state index contributed by atoms with van der Waals surface area (Å²) in [4.78, 5) is 12.2. The Balaban J connectivity index is 2.14. The van der Waals surface area contributed by atoms with Crippen LogP contribution >= 0.6 is 11.6 Å². The van der Waals surface area contributed by atoms with Gasteiger partial charge in [-0.15, -0.1) is 0 Å². The molecule has 118 valence electrons. The average molecular weight is 322 g/mol. The van der Waals surface area contributed by atoms with Crippen LogP contribution in [0.1, 0.15) is 29.4 Å². The van der Waals surface area contributed by atoms with Crippen LogP contribution in [0.5, 0.6) is 0 Å². The lowest BCUT2D eigenvalue weighted by Crippen LogP contribution is -2.29. The fraction of sp³-hybridized carbons (Fsp3) is 0.375. The summed E-state index contributed by atoms with van der Waals surface area (Å²) in [6.45, 7) is 4.47. The minimum Gasteiger partial charge on any atom is -0.396 e. The number of aliphatic hydroxyl groups is 1. The van der Waals surface area contributed by atoms with Crippen LogP contribution in [-0.4, -0.2) is 33.9 Å². The van der Waals surface area contributed by atoms with Gasteiger partial charge >= 0.3 is 0 Å². The summed E-state index contributed by atoms with van der Waals surface area (Å²) in [6, 6.07) is 7.36. The van der Waals surface area contributed by atoms with Crippen molar-refractivity contribution in [2.45, 2.75) is 20.3 Å². The Morgan fingerprint density at radius 1 is 1.45 bits per heavy atom. The zero-order chi connectivity index (χ0) is 16.1. The van der Waals surface area contributed by atoms with E-state index in [9.17, 15) is 4.79 Å². The Morgan fingerprint density at radius 3 is 2.86 bits per heavy atom. The van der Waals surface area contributed by atoms with E-state index in [1.807, 2.05) is 32.0 Å². The summed E-state index contributed by atoms with van der Waals surface area (Å²) in [7, 11) is 0. The number of amides is 1. The maximum Gasteiger partial charge on any atom is 0.254 e. The van der Waals surface area contributed by atoms with Gasteiger partial charge in [-0.2, -0.15) is 5.10 Å². The second-order valence-electron chi connectivity index (χ2n) is 5.33. The number of hydrogen-bond acceptors (Lipinski definition) is 3. The van der Waals surface area contributed by atoms with Crippen LogP contribution in [0.25, 0.3) is 5.69 Å². The van der Waals surface area contributed by atoms with Gasteiger partial charge in [-0.25, -0.2) is 4.68 Å². The molecule has 5 nitrogen and oxygen atoms in total. The third-order valence-electron chi connectivity index (χ3n) is 3.57. The van der Waals surface area contributed by atoms with Crippen molar-refractivity contribution in [3.63, 3.8) is 0 Å². The van der Waals surface area contributed by atoms with Gasteiger partial charge in [0.2, 0.25) is 0 Å². The molecule has 0 aliphatic heterocycles. The van der Waals surface area contributed by atoms with E-state index in [1.165, 1.54) is 0 Å². The summed E-state index contributed by atoms with van der Waals surface area (Å²) in [6.07, 6.45) is 2.21. The molecule has 1 aromatic carbocycles. The van der Waals surface area contributed by atoms with Crippen LogP contribution in [0.2, 0.25) is 5.02 Å². The molecule has 1 unspecified atom stereocenters. The predicted octanol–water partition coefficient (Wildman–Crippen LogP) is 2.58. The molecule has 0 saturated carbocycles. The molecule has 2 rings (SSSR count). The first-order valence-corrected chi connectivity index (χ1v) is 7.61. The van der Waals surface area contributed by atoms with Gasteiger partial charge in [-0.3, -0.25) is 4.79 Å². The Labute approximate surface area is 134 Å². The molecule has 1 aromatic heterocycles. The molecular weight excluding hydrogens is 302 g/mol. The van der Waals surface area contributed by atoms with Crippen LogP contribution in [0.15, 0.2) is 30.5 Å². The normalized spacial score (nSPS) is 12.2. The third kappa shape index (κ3) is 3.67. The molecule has 0 aliphatic rings. The molecule has 0 bridgehead atoms. The third-order valence-corrected chi connectivity index (χ3v) is 3.89. The Kier molecular flexibility index (Phi) is 5.57. The number of benzene rings is 1. The van der Waals surface area contributed by atoms with Gasteiger partial charge in [-0.05, 0) is 31.4 Å². The molecule has 0 fully saturated rings. The smallest absolute Gasteiger partial charge is 0.254 e. The van der Waals surface area contributed by atoms with E-state index in [2.05, 4.69) is 10.4 Å². The number of halogens is 1. The number of carbonyl (C=O) groups is 1. The molecule has 2 aromatic rings. The lowest BCUT2D eigenvalue weighted by molar-refractivity contribution is 0.0945. The lowest BCUT2D eigenvalue weighted by Gasteiger charge is -2.11. The number of carbonyl (C=O) groups excluding carboxylic acids is 1.